The lowest BCUT2D eigenvalue weighted by atomic mass is 10.2. The molecule has 2 heterocycles. The van der Waals surface area contributed by atoms with Gasteiger partial charge < -0.3 is 10.1 Å². The van der Waals surface area contributed by atoms with E-state index >= 15 is 0 Å². The molecule has 6 nitrogen and oxygen atoms in total. The second-order valence-electron chi connectivity index (χ2n) is 5.74. The van der Waals surface area contributed by atoms with Crippen molar-refractivity contribution in [1.82, 2.24) is 14.8 Å². The van der Waals surface area contributed by atoms with Gasteiger partial charge in [-0.05, 0) is 36.1 Å². The van der Waals surface area contributed by atoms with Crippen molar-refractivity contribution in [3.8, 4) is 5.75 Å². The average Bonchev–Trinajstić information content (AvgIpc) is 3.07. The number of nitrogens with one attached hydrogen (secondary N) is 1. The molecule has 0 spiro atoms. The molecule has 23 heavy (non-hydrogen) atoms. The number of methoxy groups -OCH3 is 1. The summed E-state index contributed by atoms with van der Waals surface area (Å²) in [6.45, 7) is 0. The Balaban J connectivity index is 1.47. The average molecular weight is 328 g/mol. The molecule has 1 N–H and O–H groups in total. The minimum Gasteiger partial charge on any atom is -0.497 e. The fourth-order valence-electron chi connectivity index (χ4n) is 2.77. The van der Waals surface area contributed by atoms with Gasteiger partial charge in [-0.1, -0.05) is 11.3 Å². The van der Waals surface area contributed by atoms with Gasteiger partial charge in [0.15, 0.2) is 5.13 Å². The summed E-state index contributed by atoms with van der Waals surface area (Å²) < 4.78 is 7.98. The number of hydrogen-bond donors (Lipinski definition) is 1. The maximum absolute atomic E-state index is 12.4. The molecular weight excluding hydrogens is 312 g/mol. The summed E-state index contributed by atoms with van der Waals surface area (Å²) in [7, 11) is 3.52. The highest BCUT2D eigenvalue weighted by Gasteiger charge is 2.44. The molecule has 1 amide bonds. The highest BCUT2D eigenvalue weighted by molar-refractivity contribution is 7.22. The number of amides is 1. The number of anilines is 1. The molecule has 0 radical (unpaired) electrons. The zero-order valence-corrected chi connectivity index (χ0v) is 13.6. The number of aromatic nitrogens is 3. The smallest absolute Gasteiger partial charge is 0.229 e. The van der Waals surface area contributed by atoms with E-state index in [-0.39, 0.29) is 17.7 Å². The second-order valence-corrected chi connectivity index (χ2v) is 6.77. The Morgan fingerprint density at radius 2 is 2.35 bits per heavy atom. The van der Waals surface area contributed by atoms with Gasteiger partial charge in [0.25, 0.3) is 0 Å². The minimum absolute atomic E-state index is 0.0146. The van der Waals surface area contributed by atoms with E-state index in [4.69, 9.17) is 4.74 Å². The molecular formula is C16H16N4O2S. The van der Waals surface area contributed by atoms with Gasteiger partial charge in [0.1, 0.15) is 5.75 Å². The van der Waals surface area contributed by atoms with E-state index in [9.17, 15) is 4.79 Å². The van der Waals surface area contributed by atoms with Crippen molar-refractivity contribution < 1.29 is 9.53 Å². The second kappa shape index (κ2) is 5.34. The number of carbonyl (C=O) groups is 1. The van der Waals surface area contributed by atoms with Gasteiger partial charge in [-0.15, -0.1) is 0 Å². The van der Waals surface area contributed by atoms with Crippen LogP contribution in [0.3, 0.4) is 0 Å². The van der Waals surface area contributed by atoms with Crippen molar-refractivity contribution in [3.05, 3.63) is 36.2 Å². The number of nitrogens with zero attached hydrogens (tertiary/aromatic N) is 3. The molecule has 0 aliphatic heterocycles. The standard InChI is InChI=1S/C16H16N4O2S/c1-20-8-9(7-17-20)11-6-12(11)15(21)19-16-18-13-4-3-10(22-2)5-14(13)23-16/h3-5,7-8,11-12H,6H2,1-2H3,(H,18,19,21)/t11-,12+/m1/s1. The first-order valence-electron chi connectivity index (χ1n) is 7.38. The summed E-state index contributed by atoms with van der Waals surface area (Å²) in [5.74, 6) is 1.11. The van der Waals surface area contributed by atoms with E-state index in [1.165, 1.54) is 11.3 Å². The fourth-order valence-corrected chi connectivity index (χ4v) is 3.67. The highest BCUT2D eigenvalue weighted by Crippen LogP contribution is 2.48. The molecule has 0 saturated heterocycles. The molecule has 7 heteroatoms. The molecule has 1 aliphatic rings. The third-order valence-electron chi connectivity index (χ3n) is 4.11. The van der Waals surface area contributed by atoms with E-state index in [0.717, 1.165) is 28.0 Å². The summed E-state index contributed by atoms with van der Waals surface area (Å²) in [5, 5.41) is 7.74. The van der Waals surface area contributed by atoms with E-state index in [1.807, 2.05) is 37.6 Å². The number of ether oxygens (including phenoxy) is 1. The largest absolute Gasteiger partial charge is 0.497 e. The molecule has 4 rings (SSSR count). The fraction of sp³-hybridized carbons (Fsp3) is 0.312. The Labute approximate surface area is 137 Å². The Bertz CT molecular complexity index is 885. The number of fused-ring (bicyclic) bond motifs is 1. The summed E-state index contributed by atoms with van der Waals surface area (Å²) in [6.07, 6.45) is 4.68. The van der Waals surface area contributed by atoms with Crippen LogP contribution in [0, 0.1) is 5.92 Å². The summed E-state index contributed by atoms with van der Waals surface area (Å²) >= 11 is 1.46. The van der Waals surface area contributed by atoms with Gasteiger partial charge in [-0.2, -0.15) is 5.10 Å². The van der Waals surface area contributed by atoms with Crippen LogP contribution in [-0.4, -0.2) is 27.8 Å². The summed E-state index contributed by atoms with van der Waals surface area (Å²) in [6, 6.07) is 5.70. The number of benzene rings is 1. The van der Waals surface area contributed by atoms with Crippen LogP contribution in [0.4, 0.5) is 5.13 Å². The Kier molecular flexibility index (Phi) is 3.30. The van der Waals surface area contributed by atoms with Crippen LogP contribution in [0.1, 0.15) is 17.9 Å². The van der Waals surface area contributed by atoms with Crippen molar-refractivity contribution in [3.63, 3.8) is 0 Å². The first-order chi connectivity index (χ1) is 11.1. The molecule has 1 saturated carbocycles. The van der Waals surface area contributed by atoms with E-state index in [1.54, 1.807) is 11.8 Å². The van der Waals surface area contributed by atoms with E-state index in [2.05, 4.69) is 15.4 Å². The maximum atomic E-state index is 12.4. The first-order valence-corrected chi connectivity index (χ1v) is 8.19. The van der Waals surface area contributed by atoms with Crippen LogP contribution in [0.25, 0.3) is 10.2 Å². The summed E-state index contributed by atoms with van der Waals surface area (Å²) in [4.78, 5) is 16.8. The lowest BCUT2D eigenvalue weighted by Crippen LogP contribution is -2.14. The zero-order valence-electron chi connectivity index (χ0n) is 12.8. The van der Waals surface area contributed by atoms with Crippen LogP contribution >= 0.6 is 11.3 Å². The number of rotatable bonds is 4. The molecule has 0 unspecified atom stereocenters. The summed E-state index contributed by atoms with van der Waals surface area (Å²) in [5.41, 5.74) is 1.99. The van der Waals surface area contributed by atoms with Crippen molar-refractivity contribution in [2.45, 2.75) is 12.3 Å². The molecule has 2 atom stereocenters. The van der Waals surface area contributed by atoms with Gasteiger partial charge in [-0.25, -0.2) is 4.98 Å². The molecule has 0 bridgehead atoms. The number of hydrogen-bond acceptors (Lipinski definition) is 5. The predicted octanol–water partition coefficient (Wildman–Crippen LogP) is 2.78. The van der Waals surface area contributed by atoms with Crippen LogP contribution in [0.15, 0.2) is 30.6 Å². The maximum Gasteiger partial charge on any atom is 0.229 e. The van der Waals surface area contributed by atoms with Crippen LogP contribution in [-0.2, 0) is 11.8 Å². The Morgan fingerprint density at radius 1 is 1.48 bits per heavy atom. The zero-order chi connectivity index (χ0) is 16.0. The third-order valence-corrected chi connectivity index (χ3v) is 5.04. The Hall–Kier alpha value is -2.41. The van der Waals surface area contributed by atoms with Crippen LogP contribution < -0.4 is 10.1 Å². The van der Waals surface area contributed by atoms with Crippen molar-refractivity contribution in [1.29, 1.82) is 0 Å². The highest BCUT2D eigenvalue weighted by atomic mass is 32.1. The number of thiazole rings is 1. The minimum atomic E-state index is 0.0146. The predicted molar refractivity (Wildman–Crippen MR) is 88.9 cm³/mol. The van der Waals surface area contributed by atoms with E-state index in [0.29, 0.717) is 5.13 Å². The van der Waals surface area contributed by atoms with Gasteiger partial charge in [0.05, 0.1) is 23.5 Å². The molecule has 1 fully saturated rings. The van der Waals surface area contributed by atoms with Crippen molar-refractivity contribution >= 4 is 32.6 Å². The van der Waals surface area contributed by atoms with Gasteiger partial charge >= 0.3 is 0 Å². The van der Waals surface area contributed by atoms with Crippen molar-refractivity contribution in [2.75, 3.05) is 12.4 Å². The quantitative estimate of drug-likeness (QED) is 0.799. The number of carbonyl (C=O) groups excluding carboxylic acids is 1. The molecule has 1 aliphatic carbocycles. The first kappa shape index (κ1) is 14.2. The van der Waals surface area contributed by atoms with E-state index < -0.39 is 0 Å². The van der Waals surface area contributed by atoms with Gasteiger partial charge in [-0.3, -0.25) is 9.48 Å². The molecule has 1 aromatic carbocycles. The topological polar surface area (TPSA) is 69.0 Å². The normalized spacial score (nSPS) is 19.7. The monoisotopic (exact) mass is 328 g/mol. The lowest BCUT2D eigenvalue weighted by Gasteiger charge is -1.99. The SMILES string of the molecule is COc1ccc2nc(NC(=O)[C@H]3C[C@@H]3c3cnn(C)c3)sc2c1. The molecule has 3 aromatic rings. The van der Waals surface area contributed by atoms with Crippen molar-refractivity contribution in [2.24, 2.45) is 13.0 Å². The molecule has 2 aromatic heterocycles. The lowest BCUT2D eigenvalue weighted by molar-refractivity contribution is -0.117. The molecule has 118 valence electrons. The Morgan fingerprint density at radius 3 is 3.09 bits per heavy atom. The van der Waals surface area contributed by atoms with Crippen LogP contribution in [0.5, 0.6) is 5.75 Å². The van der Waals surface area contributed by atoms with Gasteiger partial charge in [0.2, 0.25) is 5.91 Å². The van der Waals surface area contributed by atoms with Gasteiger partial charge in [0, 0.05) is 19.2 Å². The van der Waals surface area contributed by atoms with Crippen LogP contribution in [0.2, 0.25) is 0 Å². The number of aryl methyl sites for hydroxylation is 1. The third kappa shape index (κ3) is 2.68.